The summed E-state index contributed by atoms with van der Waals surface area (Å²) in [5.74, 6) is -0.108. The highest BCUT2D eigenvalue weighted by Gasteiger charge is 2.50. The number of ether oxygens (including phenoxy) is 1. The van der Waals surface area contributed by atoms with Gasteiger partial charge in [0.05, 0.1) is 17.2 Å². The van der Waals surface area contributed by atoms with E-state index in [4.69, 9.17) is 4.74 Å². The van der Waals surface area contributed by atoms with Crippen LogP contribution in [0.25, 0.3) is 0 Å². The number of anilines is 1. The molecule has 2 fully saturated rings. The largest absolute Gasteiger partial charge is 0.482 e. The van der Waals surface area contributed by atoms with Crippen LogP contribution in [0, 0.1) is 12.3 Å². The second kappa shape index (κ2) is 7.09. The molecule has 8 heteroatoms. The van der Waals surface area contributed by atoms with E-state index < -0.39 is 11.5 Å². The Morgan fingerprint density at radius 3 is 3.00 bits per heavy atom. The van der Waals surface area contributed by atoms with E-state index >= 15 is 0 Å². The summed E-state index contributed by atoms with van der Waals surface area (Å²) in [5, 5.41) is 13.3. The van der Waals surface area contributed by atoms with Crippen LogP contribution in [-0.2, 0) is 14.4 Å². The van der Waals surface area contributed by atoms with Gasteiger partial charge in [-0.25, -0.2) is 0 Å². The summed E-state index contributed by atoms with van der Waals surface area (Å²) in [5.41, 5.74) is 0.607. The maximum atomic E-state index is 13.0. The van der Waals surface area contributed by atoms with E-state index in [1.54, 1.807) is 11.0 Å². The molecule has 0 aliphatic carbocycles. The third-order valence-corrected chi connectivity index (χ3v) is 6.02. The zero-order chi connectivity index (χ0) is 19.9. The van der Waals surface area contributed by atoms with Gasteiger partial charge in [0.2, 0.25) is 11.8 Å². The number of rotatable bonds is 2. The second-order valence-corrected chi connectivity index (χ2v) is 7.88. The number of fused-ring (bicyclic) bond motifs is 1. The topological polar surface area (TPSA) is 99.2 Å². The fraction of sp³-hybridized carbons (Fsp3) is 0.550. The highest BCUT2D eigenvalue weighted by Crippen LogP contribution is 2.38. The van der Waals surface area contributed by atoms with E-state index in [2.05, 4.69) is 5.32 Å². The van der Waals surface area contributed by atoms with Gasteiger partial charge in [-0.05, 0) is 43.9 Å². The Morgan fingerprint density at radius 1 is 1.39 bits per heavy atom. The Kier molecular flexibility index (Phi) is 4.74. The SMILES string of the molecule is Cc1ccc2c(c1)N(CC(=O)N1CC[C@H](O)[C@@]3(CCCNC3=O)C1)C(=O)CO2. The van der Waals surface area contributed by atoms with Crippen molar-refractivity contribution in [1.82, 2.24) is 10.2 Å². The van der Waals surface area contributed by atoms with Crippen LogP contribution in [0.1, 0.15) is 24.8 Å². The molecule has 3 heterocycles. The first-order valence-electron chi connectivity index (χ1n) is 9.69. The Labute approximate surface area is 163 Å². The summed E-state index contributed by atoms with van der Waals surface area (Å²) in [6.07, 6.45) is 0.929. The highest BCUT2D eigenvalue weighted by atomic mass is 16.5. The molecule has 1 aromatic carbocycles. The number of aryl methyl sites for hydroxylation is 1. The lowest BCUT2D eigenvalue weighted by Gasteiger charge is -2.47. The minimum atomic E-state index is -0.949. The van der Waals surface area contributed by atoms with E-state index in [9.17, 15) is 19.5 Å². The number of aliphatic hydroxyl groups is 1. The van der Waals surface area contributed by atoms with Crippen molar-refractivity contribution >= 4 is 23.4 Å². The molecule has 0 unspecified atom stereocenters. The lowest BCUT2D eigenvalue weighted by molar-refractivity contribution is -0.154. The van der Waals surface area contributed by atoms with Gasteiger partial charge >= 0.3 is 0 Å². The van der Waals surface area contributed by atoms with Crippen molar-refractivity contribution in [1.29, 1.82) is 0 Å². The molecule has 150 valence electrons. The van der Waals surface area contributed by atoms with Crippen LogP contribution in [0.4, 0.5) is 5.69 Å². The van der Waals surface area contributed by atoms with E-state index in [1.165, 1.54) is 4.90 Å². The molecule has 28 heavy (non-hydrogen) atoms. The molecule has 2 N–H and O–H groups in total. The van der Waals surface area contributed by atoms with Crippen molar-refractivity contribution in [2.45, 2.75) is 32.3 Å². The number of hydrogen-bond donors (Lipinski definition) is 2. The summed E-state index contributed by atoms with van der Waals surface area (Å²) >= 11 is 0. The van der Waals surface area contributed by atoms with Gasteiger partial charge in [-0.1, -0.05) is 6.07 Å². The van der Waals surface area contributed by atoms with E-state index in [0.29, 0.717) is 37.4 Å². The molecule has 3 amide bonds. The summed E-state index contributed by atoms with van der Waals surface area (Å²) < 4.78 is 5.46. The van der Waals surface area contributed by atoms with Crippen LogP contribution in [0.5, 0.6) is 5.75 Å². The normalized spacial score (nSPS) is 27.3. The third kappa shape index (κ3) is 3.11. The maximum Gasteiger partial charge on any atom is 0.265 e. The Bertz CT molecular complexity index is 826. The fourth-order valence-corrected chi connectivity index (χ4v) is 4.38. The predicted molar refractivity (Wildman–Crippen MR) is 101 cm³/mol. The minimum absolute atomic E-state index is 0.103. The molecule has 8 nitrogen and oxygen atoms in total. The molecule has 3 aliphatic heterocycles. The zero-order valence-electron chi connectivity index (χ0n) is 15.9. The van der Waals surface area contributed by atoms with Crippen molar-refractivity contribution in [3.63, 3.8) is 0 Å². The lowest BCUT2D eigenvalue weighted by atomic mass is 9.71. The summed E-state index contributed by atoms with van der Waals surface area (Å²) in [7, 11) is 0. The van der Waals surface area contributed by atoms with Crippen LogP contribution >= 0.6 is 0 Å². The summed E-state index contributed by atoms with van der Waals surface area (Å²) in [6, 6.07) is 5.52. The van der Waals surface area contributed by atoms with E-state index in [0.717, 1.165) is 12.0 Å². The highest BCUT2D eigenvalue weighted by molar-refractivity contribution is 6.02. The Balaban J connectivity index is 1.53. The zero-order valence-corrected chi connectivity index (χ0v) is 15.9. The van der Waals surface area contributed by atoms with Crippen LogP contribution in [0.3, 0.4) is 0 Å². The molecule has 3 aliphatic rings. The number of piperidine rings is 2. The van der Waals surface area contributed by atoms with Gasteiger partial charge in [0.25, 0.3) is 5.91 Å². The van der Waals surface area contributed by atoms with Gasteiger partial charge in [-0.2, -0.15) is 0 Å². The average Bonchev–Trinajstić information content (AvgIpc) is 2.68. The number of amides is 3. The van der Waals surface area contributed by atoms with Crippen molar-refractivity contribution in [2.75, 3.05) is 37.7 Å². The lowest BCUT2D eigenvalue weighted by Crippen LogP contribution is -2.63. The third-order valence-electron chi connectivity index (χ3n) is 6.02. The van der Waals surface area contributed by atoms with Crippen molar-refractivity contribution in [2.24, 2.45) is 5.41 Å². The second-order valence-electron chi connectivity index (χ2n) is 7.88. The predicted octanol–water partition coefficient (Wildman–Crippen LogP) is 0.210. The summed E-state index contributed by atoms with van der Waals surface area (Å²) in [4.78, 5) is 41.0. The Morgan fingerprint density at radius 2 is 2.21 bits per heavy atom. The molecule has 0 saturated carbocycles. The summed E-state index contributed by atoms with van der Waals surface area (Å²) in [6.45, 7) is 2.85. The van der Waals surface area contributed by atoms with Crippen LogP contribution < -0.4 is 15.0 Å². The molecule has 0 aromatic heterocycles. The molecule has 2 saturated heterocycles. The minimum Gasteiger partial charge on any atom is -0.482 e. The first-order chi connectivity index (χ1) is 13.4. The quantitative estimate of drug-likeness (QED) is 0.756. The number of carbonyl (C=O) groups excluding carboxylic acids is 3. The number of likely N-dealkylation sites (tertiary alicyclic amines) is 1. The average molecular weight is 387 g/mol. The fourth-order valence-electron chi connectivity index (χ4n) is 4.38. The van der Waals surface area contributed by atoms with E-state index in [-0.39, 0.29) is 37.4 Å². The number of carbonyl (C=O) groups is 3. The molecular weight excluding hydrogens is 362 g/mol. The number of aliphatic hydroxyl groups excluding tert-OH is 1. The first-order valence-corrected chi connectivity index (χ1v) is 9.69. The molecule has 2 atom stereocenters. The van der Waals surface area contributed by atoms with Crippen molar-refractivity contribution in [3.8, 4) is 5.75 Å². The number of nitrogens with one attached hydrogen (secondary N) is 1. The van der Waals surface area contributed by atoms with Crippen LogP contribution in [0.15, 0.2) is 18.2 Å². The van der Waals surface area contributed by atoms with Crippen LogP contribution in [-0.4, -0.2) is 66.6 Å². The Hall–Kier alpha value is -2.61. The van der Waals surface area contributed by atoms with Crippen LogP contribution in [0.2, 0.25) is 0 Å². The molecule has 0 radical (unpaired) electrons. The molecule has 4 rings (SSSR count). The van der Waals surface area contributed by atoms with Gasteiger partial charge in [-0.15, -0.1) is 0 Å². The number of nitrogens with zero attached hydrogens (tertiary/aromatic N) is 2. The maximum absolute atomic E-state index is 13.0. The van der Waals surface area contributed by atoms with Gasteiger partial charge in [0, 0.05) is 19.6 Å². The molecule has 1 spiro atoms. The molecule has 0 bridgehead atoms. The van der Waals surface area contributed by atoms with Gasteiger partial charge < -0.3 is 20.1 Å². The first kappa shape index (κ1) is 18.7. The molecule has 1 aromatic rings. The standard InChI is InChI=1S/C20H25N3O5/c1-13-3-4-15-14(9-13)23(18(26)11-28-15)10-17(25)22-8-5-16(24)20(12-22)6-2-7-21-19(20)27/h3-4,9,16,24H,2,5-8,10-12H2,1H3,(H,21,27)/t16-,20+/m0/s1. The molecular formula is C20H25N3O5. The smallest absolute Gasteiger partial charge is 0.265 e. The van der Waals surface area contributed by atoms with Gasteiger partial charge in [0.1, 0.15) is 12.3 Å². The van der Waals surface area contributed by atoms with E-state index in [1.807, 2.05) is 19.1 Å². The van der Waals surface area contributed by atoms with Crippen molar-refractivity contribution in [3.05, 3.63) is 23.8 Å². The number of benzene rings is 1. The monoisotopic (exact) mass is 387 g/mol. The van der Waals surface area contributed by atoms with Gasteiger partial charge in [-0.3, -0.25) is 19.3 Å². The van der Waals surface area contributed by atoms with Gasteiger partial charge in [0.15, 0.2) is 6.61 Å². The van der Waals surface area contributed by atoms with Crippen molar-refractivity contribution < 1.29 is 24.2 Å². The number of hydrogen-bond acceptors (Lipinski definition) is 5.